The number of hydrogen-bond donors (Lipinski definition) is 1. The van der Waals surface area contributed by atoms with Gasteiger partial charge < -0.3 is 14.8 Å². The zero-order chi connectivity index (χ0) is 12.1. The lowest BCUT2D eigenvalue weighted by Gasteiger charge is -2.13. The maximum absolute atomic E-state index is 5.73. The maximum atomic E-state index is 5.73. The zero-order valence-electron chi connectivity index (χ0n) is 9.70. The summed E-state index contributed by atoms with van der Waals surface area (Å²) in [4.78, 5) is 4.41. The minimum atomic E-state index is 0.527. The van der Waals surface area contributed by atoms with E-state index in [4.69, 9.17) is 9.47 Å². The van der Waals surface area contributed by atoms with Gasteiger partial charge in [-0.05, 0) is 28.1 Å². The Labute approximate surface area is 109 Å². The molecule has 0 unspecified atom stereocenters. The molecule has 1 aliphatic rings. The van der Waals surface area contributed by atoms with Crippen molar-refractivity contribution in [3.63, 3.8) is 0 Å². The third-order valence-electron chi connectivity index (χ3n) is 2.43. The van der Waals surface area contributed by atoms with Gasteiger partial charge in [-0.1, -0.05) is 6.07 Å². The number of para-hydroxylation sites is 1. The molecule has 0 aliphatic carbocycles. The fourth-order valence-electron chi connectivity index (χ4n) is 1.65. The van der Waals surface area contributed by atoms with Crippen molar-refractivity contribution in [1.82, 2.24) is 5.32 Å². The van der Waals surface area contributed by atoms with E-state index in [2.05, 4.69) is 26.2 Å². The fraction of sp³-hybridized carbons (Fsp3) is 0.417. The van der Waals surface area contributed by atoms with Gasteiger partial charge in [0.2, 0.25) is 0 Å². The van der Waals surface area contributed by atoms with Gasteiger partial charge in [-0.15, -0.1) is 0 Å². The molecule has 0 atom stereocenters. The molecule has 4 nitrogen and oxygen atoms in total. The minimum Gasteiger partial charge on any atom is -0.489 e. The number of ether oxygens (including phenoxy) is 2. The molecule has 1 aliphatic heterocycles. The molecule has 0 saturated carbocycles. The minimum absolute atomic E-state index is 0.527. The first-order valence-electron chi connectivity index (χ1n) is 5.52. The molecule has 0 spiro atoms. The summed E-state index contributed by atoms with van der Waals surface area (Å²) in [7, 11) is 1.66. The van der Waals surface area contributed by atoms with E-state index >= 15 is 0 Å². The van der Waals surface area contributed by atoms with Gasteiger partial charge in [-0.2, -0.15) is 0 Å². The fourth-order valence-corrected chi connectivity index (χ4v) is 2.13. The van der Waals surface area contributed by atoms with Gasteiger partial charge >= 0.3 is 0 Å². The summed E-state index contributed by atoms with van der Waals surface area (Å²) in [6, 6.07) is 5.94. The molecule has 5 heteroatoms. The second-order valence-corrected chi connectivity index (χ2v) is 4.47. The normalized spacial score (nSPS) is 14.4. The number of halogens is 1. The van der Waals surface area contributed by atoms with Crippen molar-refractivity contribution in [2.24, 2.45) is 4.99 Å². The van der Waals surface area contributed by atoms with Crippen molar-refractivity contribution in [1.29, 1.82) is 0 Å². The van der Waals surface area contributed by atoms with Crippen LogP contribution < -0.4 is 10.1 Å². The molecule has 1 heterocycles. The van der Waals surface area contributed by atoms with Crippen molar-refractivity contribution < 1.29 is 9.47 Å². The SMILES string of the molecule is COCCOc1c(Br)cccc1C1=NCCN1. The van der Waals surface area contributed by atoms with Crippen LogP contribution in [0.5, 0.6) is 5.75 Å². The Kier molecular flexibility index (Phi) is 4.39. The van der Waals surface area contributed by atoms with E-state index in [0.717, 1.165) is 34.7 Å². The number of rotatable bonds is 5. The van der Waals surface area contributed by atoms with E-state index in [0.29, 0.717) is 13.2 Å². The van der Waals surface area contributed by atoms with Crippen LogP contribution in [0, 0.1) is 0 Å². The van der Waals surface area contributed by atoms with Crippen LogP contribution in [0.25, 0.3) is 0 Å². The number of nitrogens with zero attached hydrogens (tertiary/aromatic N) is 1. The van der Waals surface area contributed by atoms with Crippen LogP contribution >= 0.6 is 15.9 Å². The molecule has 1 aromatic rings. The Balaban J connectivity index is 2.21. The van der Waals surface area contributed by atoms with Gasteiger partial charge in [-0.3, -0.25) is 4.99 Å². The number of benzene rings is 1. The molecule has 0 bridgehead atoms. The lowest BCUT2D eigenvalue weighted by atomic mass is 10.2. The predicted octanol–water partition coefficient (Wildman–Crippen LogP) is 1.82. The third-order valence-corrected chi connectivity index (χ3v) is 3.05. The summed E-state index contributed by atoms with van der Waals surface area (Å²) in [5.41, 5.74) is 0.993. The van der Waals surface area contributed by atoms with Crippen molar-refractivity contribution in [2.75, 3.05) is 33.4 Å². The largest absolute Gasteiger partial charge is 0.489 e. The molecule has 17 heavy (non-hydrogen) atoms. The summed E-state index contributed by atoms with van der Waals surface area (Å²) >= 11 is 3.50. The number of aliphatic imine (C=N–C) groups is 1. The number of hydrogen-bond acceptors (Lipinski definition) is 4. The van der Waals surface area contributed by atoms with Gasteiger partial charge in [0, 0.05) is 13.7 Å². The number of amidine groups is 1. The van der Waals surface area contributed by atoms with Crippen LogP contribution in [0.1, 0.15) is 5.56 Å². The summed E-state index contributed by atoms with van der Waals surface area (Å²) in [6.07, 6.45) is 0. The van der Waals surface area contributed by atoms with Crippen molar-refractivity contribution in [2.45, 2.75) is 0 Å². The van der Waals surface area contributed by atoms with Crippen LogP contribution in [0.2, 0.25) is 0 Å². The Hall–Kier alpha value is -1.07. The van der Waals surface area contributed by atoms with Gasteiger partial charge in [0.05, 0.1) is 23.2 Å². The van der Waals surface area contributed by atoms with Crippen molar-refractivity contribution >= 4 is 21.8 Å². The summed E-state index contributed by atoms with van der Waals surface area (Å²) < 4.78 is 11.6. The van der Waals surface area contributed by atoms with Crippen LogP contribution in [-0.2, 0) is 4.74 Å². The van der Waals surface area contributed by atoms with Crippen molar-refractivity contribution in [3.05, 3.63) is 28.2 Å². The van der Waals surface area contributed by atoms with E-state index in [1.165, 1.54) is 0 Å². The highest BCUT2D eigenvalue weighted by atomic mass is 79.9. The van der Waals surface area contributed by atoms with Gasteiger partial charge in [0.15, 0.2) is 0 Å². The molecular formula is C12H15BrN2O2. The summed E-state index contributed by atoms with van der Waals surface area (Å²) in [5, 5.41) is 3.25. The Bertz CT molecular complexity index is 421. The summed E-state index contributed by atoms with van der Waals surface area (Å²) in [6.45, 7) is 2.80. The lowest BCUT2D eigenvalue weighted by Crippen LogP contribution is -2.20. The van der Waals surface area contributed by atoms with E-state index in [-0.39, 0.29) is 0 Å². The van der Waals surface area contributed by atoms with Gasteiger partial charge in [-0.25, -0.2) is 0 Å². The average molecular weight is 299 g/mol. The number of methoxy groups -OCH3 is 1. The summed E-state index contributed by atoms with van der Waals surface area (Å²) in [5.74, 6) is 1.72. The van der Waals surface area contributed by atoms with E-state index in [1.807, 2.05) is 18.2 Å². The molecule has 0 amide bonds. The van der Waals surface area contributed by atoms with E-state index < -0.39 is 0 Å². The molecular weight excluding hydrogens is 284 g/mol. The molecule has 2 rings (SSSR count). The highest BCUT2D eigenvalue weighted by Gasteiger charge is 2.15. The standard InChI is InChI=1S/C12H15BrN2O2/c1-16-7-8-17-11-9(3-2-4-10(11)13)12-14-5-6-15-12/h2-4H,5-8H2,1H3,(H,14,15). The quantitative estimate of drug-likeness (QED) is 0.844. The molecule has 1 aromatic carbocycles. The van der Waals surface area contributed by atoms with Crippen LogP contribution in [0.15, 0.2) is 27.7 Å². The average Bonchev–Trinajstić information content (AvgIpc) is 2.85. The van der Waals surface area contributed by atoms with Crippen molar-refractivity contribution in [3.8, 4) is 5.75 Å². The predicted molar refractivity (Wildman–Crippen MR) is 70.9 cm³/mol. The smallest absolute Gasteiger partial charge is 0.144 e. The highest BCUT2D eigenvalue weighted by molar-refractivity contribution is 9.10. The highest BCUT2D eigenvalue weighted by Crippen LogP contribution is 2.29. The molecule has 92 valence electrons. The molecule has 0 fully saturated rings. The van der Waals surface area contributed by atoms with Crippen LogP contribution in [0.3, 0.4) is 0 Å². The first kappa shape index (κ1) is 12.4. The monoisotopic (exact) mass is 298 g/mol. The third kappa shape index (κ3) is 2.98. The van der Waals surface area contributed by atoms with Crippen LogP contribution in [-0.4, -0.2) is 39.2 Å². The lowest BCUT2D eigenvalue weighted by molar-refractivity contribution is 0.146. The second-order valence-electron chi connectivity index (χ2n) is 3.61. The van der Waals surface area contributed by atoms with Gasteiger partial charge in [0.25, 0.3) is 0 Å². The molecule has 0 aromatic heterocycles. The van der Waals surface area contributed by atoms with E-state index in [9.17, 15) is 0 Å². The first-order valence-corrected chi connectivity index (χ1v) is 6.31. The molecule has 0 radical (unpaired) electrons. The topological polar surface area (TPSA) is 42.9 Å². The number of nitrogens with one attached hydrogen (secondary N) is 1. The zero-order valence-corrected chi connectivity index (χ0v) is 11.3. The Morgan fingerprint density at radius 3 is 3.00 bits per heavy atom. The molecule has 1 N–H and O–H groups in total. The maximum Gasteiger partial charge on any atom is 0.144 e. The second kappa shape index (κ2) is 6.02. The first-order chi connectivity index (χ1) is 8.33. The Morgan fingerprint density at radius 2 is 2.29 bits per heavy atom. The molecule has 0 saturated heterocycles. The van der Waals surface area contributed by atoms with E-state index in [1.54, 1.807) is 7.11 Å². The Morgan fingerprint density at radius 1 is 1.41 bits per heavy atom. The van der Waals surface area contributed by atoms with Crippen LogP contribution in [0.4, 0.5) is 0 Å². The van der Waals surface area contributed by atoms with Gasteiger partial charge in [0.1, 0.15) is 18.2 Å².